The lowest BCUT2D eigenvalue weighted by Crippen LogP contribution is -2.30. The fraction of sp³-hybridized carbons (Fsp3) is 0.381. The summed E-state index contributed by atoms with van der Waals surface area (Å²) in [6.45, 7) is 1.82. The van der Waals surface area contributed by atoms with Crippen molar-refractivity contribution in [1.29, 1.82) is 0 Å². The van der Waals surface area contributed by atoms with E-state index < -0.39 is 17.5 Å². The third-order valence-electron chi connectivity index (χ3n) is 5.33. The van der Waals surface area contributed by atoms with Crippen LogP contribution in [0.3, 0.4) is 0 Å². The summed E-state index contributed by atoms with van der Waals surface area (Å²) in [7, 11) is 0. The van der Waals surface area contributed by atoms with Crippen LogP contribution in [0.2, 0.25) is 0 Å². The van der Waals surface area contributed by atoms with E-state index in [-0.39, 0.29) is 23.4 Å². The molecule has 1 aromatic carbocycles. The van der Waals surface area contributed by atoms with Gasteiger partial charge in [0, 0.05) is 22.7 Å². The minimum Gasteiger partial charge on any atom is -0.507 e. The van der Waals surface area contributed by atoms with Gasteiger partial charge in [-0.05, 0) is 62.9 Å². The average Bonchev–Trinajstić information content (AvgIpc) is 2.68. The number of phenolic OH excluding ortho intramolecular Hbond substituents is 1. The molecule has 0 spiro atoms. The maximum atomic E-state index is 12.9. The molecule has 9 heteroatoms. The highest BCUT2D eigenvalue weighted by Gasteiger charge is 2.31. The molecule has 1 fully saturated rings. The number of halogens is 3. The molecule has 0 bridgehead atoms. The van der Waals surface area contributed by atoms with Crippen molar-refractivity contribution in [3.8, 4) is 17.0 Å². The number of anilines is 1. The van der Waals surface area contributed by atoms with Crippen LogP contribution in [0, 0.1) is 6.92 Å². The second-order valence-electron chi connectivity index (χ2n) is 7.64. The SMILES string of the molecule is Cc1ccc2c(-c3ccc(C(F)(F)F)cc3O)nnc(N[C@H]3CCC[C@@H](O)C3)c2n1. The summed E-state index contributed by atoms with van der Waals surface area (Å²) >= 11 is 0. The number of hydrogen-bond acceptors (Lipinski definition) is 6. The van der Waals surface area contributed by atoms with Gasteiger partial charge in [-0.1, -0.05) is 0 Å². The van der Waals surface area contributed by atoms with Crippen LogP contribution in [0.4, 0.5) is 19.0 Å². The number of nitrogens with one attached hydrogen (secondary N) is 1. The van der Waals surface area contributed by atoms with Crippen molar-refractivity contribution in [2.45, 2.75) is 50.9 Å². The summed E-state index contributed by atoms with van der Waals surface area (Å²) < 4.78 is 38.8. The van der Waals surface area contributed by atoms with E-state index in [1.807, 2.05) is 6.92 Å². The van der Waals surface area contributed by atoms with E-state index in [4.69, 9.17) is 0 Å². The molecule has 0 aliphatic heterocycles. The number of rotatable bonds is 3. The van der Waals surface area contributed by atoms with Crippen molar-refractivity contribution in [1.82, 2.24) is 15.2 Å². The Kier molecular flexibility index (Phi) is 5.23. The van der Waals surface area contributed by atoms with Crippen molar-refractivity contribution in [2.24, 2.45) is 0 Å². The number of benzene rings is 1. The lowest BCUT2D eigenvalue weighted by molar-refractivity contribution is -0.137. The largest absolute Gasteiger partial charge is 0.507 e. The molecule has 30 heavy (non-hydrogen) atoms. The number of aromatic nitrogens is 3. The molecular formula is C21H21F3N4O2. The zero-order chi connectivity index (χ0) is 21.5. The van der Waals surface area contributed by atoms with Gasteiger partial charge in [0.25, 0.3) is 0 Å². The molecule has 2 atom stereocenters. The molecular weight excluding hydrogens is 397 g/mol. The summed E-state index contributed by atoms with van der Waals surface area (Å²) in [5.41, 5.74) is 0.706. The summed E-state index contributed by atoms with van der Waals surface area (Å²) in [4.78, 5) is 4.54. The first-order valence-electron chi connectivity index (χ1n) is 9.71. The molecule has 0 saturated heterocycles. The van der Waals surface area contributed by atoms with Crippen LogP contribution in [0.15, 0.2) is 30.3 Å². The van der Waals surface area contributed by atoms with Gasteiger partial charge >= 0.3 is 6.18 Å². The molecule has 1 saturated carbocycles. The van der Waals surface area contributed by atoms with Crippen molar-refractivity contribution >= 4 is 16.7 Å². The van der Waals surface area contributed by atoms with Crippen molar-refractivity contribution < 1.29 is 23.4 Å². The lowest BCUT2D eigenvalue weighted by atomic mass is 9.93. The van der Waals surface area contributed by atoms with E-state index in [2.05, 4.69) is 20.5 Å². The second-order valence-corrected chi connectivity index (χ2v) is 7.64. The molecule has 2 heterocycles. The Morgan fingerprint density at radius 3 is 2.60 bits per heavy atom. The third-order valence-corrected chi connectivity index (χ3v) is 5.33. The fourth-order valence-corrected chi connectivity index (χ4v) is 3.82. The van der Waals surface area contributed by atoms with Crippen LogP contribution < -0.4 is 5.32 Å². The molecule has 0 amide bonds. The standard InChI is InChI=1S/C21H21F3N4O2/c1-11-5-7-16-18(15-8-6-12(9-17(15)30)21(22,23)24)27-28-20(19(16)25-11)26-13-3-2-4-14(29)10-13/h5-9,13-14,29-30H,2-4,10H2,1H3,(H,26,28)/t13-,14+/m0/s1. The quantitative estimate of drug-likeness (QED) is 0.583. The number of hydrogen-bond donors (Lipinski definition) is 3. The summed E-state index contributed by atoms with van der Waals surface area (Å²) in [6.07, 6.45) is -1.78. The first kappa shape index (κ1) is 20.3. The van der Waals surface area contributed by atoms with Crippen molar-refractivity contribution in [3.63, 3.8) is 0 Å². The predicted molar refractivity (Wildman–Crippen MR) is 106 cm³/mol. The molecule has 3 N–H and O–H groups in total. The molecule has 158 valence electrons. The summed E-state index contributed by atoms with van der Waals surface area (Å²) in [5, 5.41) is 32.4. The first-order chi connectivity index (χ1) is 14.2. The zero-order valence-corrected chi connectivity index (χ0v) is 16.2. The summed E-state index contributed by atoms with van der Waals surface area (Å²) in [6, 6.07) is 6.33. The number of aliphatic hydroxyl groups is 1. The Labute approximate surface area is 170 Å². The van der Waals surface area contributed by atoms with E-state index in [1.54, 1.807) is 12.1 Å². The molecule has 4 rings (SSSR count). The normalized spacial score (nSPS) is 19.8. The minimum atomic E-state index is -4.55. The van der Waals surface area contributed by atoms with Gasteiger partial charge in [-0.15, -0.1) is 10.2 Å². The van der Waals surface area contributed by atoms with Crippen LogP contribution in [0.25, 0.3) is 22.2 Å². The Balaban J connectivity index is 1.78. The van der Waals surface area contributed by atoms with Gasteiger partial charge in [0.15, 0.2) is 5.82 Å². The van der Waals surface area contributed by atoms with E-state index in [1.165, 1.54) is 6.07 Å². The number of nitrogens with zero attached hydrogens (tertiary/aromatic N) is 3. The number of aromatic hydroxyl groups is 1. The van der Waals surface area contributed by atoms with Gasteiger partial charge in [-0.2, -0.15) is 13.2 Å². The Morgan fingerprint density at radius 2 is 1.90 bits per heavy atom. The van der Waals surface area contributed by atoms with E-state index in [9.17, 15) is 23.4 Å². The lowest BCUT2D eigenvalue weighted by Gasteiger charge is -2.27. The van der Waals surface area contributed by atoms with Crippen LogP contribution in [0.5, 0.6) is 5.75 Å². The summed E-state index contributed by atoms with van der Waals surface area (Å²) in [5.74, 6) is -0.0833. The van der Waals surface area contributed by atoms with Gasteiger partial charge in [0.2, 0.25) is 0 Å². The van der Waals surface area contributed by atoms with Crippen LogP contribution in [0.1, 0.15) is 36.9 Å². The second kappa shape index (κ2) is 7.71. The number of alkyl halides is 3. The zero-order valence-electron chi connectivity index (χ0n) is 16.2. The molecule has 0 radical (unpaired) electrons. The average molecular weight is 418 g/mol. The van der Waals surface area contributed by atoms with Gasteiger partial charge in [0.1, 0.15) is 17.0 Å². The Hall–Kier alpha value is -2.94. The van der Waals surface area contributed by atoms with Gasteiger partial charge in [-0.25, -0.2) is 4.98 Å². The predicted octanol–water partition coefficient (Wildman–Crippen LogP) is 4.44. The highest BCUT2D eigenvalue weighted by molar-refractivity contribution is 5.98. The molecule has 3 aromatic rings. The smallest absolute Gasteiger partial charge is 0.416 e. The number of pyridine rings is 1. The maximum Gasteiger partial charge on any atom is 0.416 e. The topological polar surface area (TPSA) is 91.2 Å². The van der Waals surface area contributed by atoms with Gasteiger partial charge in [0.05, 0.1) is 11.7 Å². The van der Waals surface area contributed by atoms with Crippen molar-refractivity contribution in [2.75, 3.05) is 5.32 Å². The molecule has 6 nitrogen and oxygen atoms in total. The highest BCUT2D eigenvalue weighted by Crippen LogP contribution is 2.38. The molecule has 2 aromatic heterocycles. The Bertz CT molecular complexity index is 1090. The fourth-order valence-electron chi connectivity index (χ4n) is 3.82. The van der Waals surface area contributed by atoms with Gasteiger partial charge in [-0.3, -0.25) is 0 Å². The molecule has 1 aliphatic rings. The van der Waals surface area contributed by atoms with E-state index >= 15 is 0 Å². The van der Waals surface area contributed by atoms with Crippen LogP contribution in [-0.2, 0) is 6.18 Å². The first-order valence-corrected chi connectivity index (χ1v) is 9.71. The van der Waals surface area contributed by atoms with E-state index in [0.29, 0.717) is 29.2 Å². The van der Waals surface area contributed by atoms with E-state index in [0.717, 1.165) is 31.0 Å². The monoisotopic (exact) mass is 418 g/mol. The van der Waals surface area contributed by atoms with Crippen LogP contribution >= 0.6 is 0 Å². The minimum absolute atomic E-state index is 0.0267. The number of aliphatic hydroxyl groups excluding tert-OH is 1. The van der Waals surface area contributed by atoms with Crippen LogP contribution in [-0.4, -0.2) is 37.5 Å². The highest BCUT2D eigenvalue weighted by atomic mass is 19.4. The maximum absolute atomic E-state index is 12.9. The van der Waals surface area contributed by atoms with Gasteiger partial charge < -0.3 is 15.5 Å². The number of phenols is 1. The number of fused-ring (bicyclic) bond motifs is 1. The Morgan fingerprint density at radius 1 is 1.10 bits per heavy atom. The van der Waals surface area contributed by atoms with Crippen molar-refractivity contribution in [3.05, 3.63) is 41.6 Å². The molecule has 1 aliphatic carbocycles. The third kappa shape index (κ3) is 4.02. The molecule has 0 unspecified atom stereocenters. The number of aryl methyl sites for hydroxylation is 1.